The molecular weight excluding hydrogens is 242 g/mol. The molecule has 0 saturated heterocycles. The van der Waals surface area contributed by atoms with Gasteiger partial charge >= 0.3 is 12.3 Å². The second-order valence-electron chi connectivity index (χ2n) is 4.27. The first-order valence-corrected chi connectivity index (χ1v) is 5.44. The lowest BCUT2D eigenvalue weighted by Crippen LogP contribution is -2.46. The fraction of sp³-hybridized carbons (Fsp3) is 0.900. The molecule has 17 heavy (non-hydrogen) atoms. The van der Waals surface area contributed by atoms with Gasteiger partial charge in [-0.05, 0) is 24.7 Å². The molecule has 2 N–H and O–H groups in total. The second-order valence-corrected chi connectivity index (χ2v) is 4.27. The van der Waals surface area contributed by atoms with Crippen LogP contribution in [0.5, 0.6) is 0 Å². The van der Waals surface area contributed by atoms with Crippen LogP contribution in [0.2, 0.25) is 0 Å². The van der Waals surface area contributed by atoms with Crippen molar-refractivity contribution in [2.45, 2.75) is 31.6 Å². The van der Waals surface area contributed by atoms with Crippen LogP contribution in [0, 0.1) is 11.8 Å². The molecule has 1 amide bonds. The fourth-order valence-electron chi connectivity index (χ4n) is 2.06. The molecular formula is C10H15F4NO2. The van der Waals surface area contributed by atoms with E-state index in [2.05, 4.69) is 0 Å². The van der Waals surface area contributed by atoms with Crippen LogP contribution < -0.4 is 5.32 Å². The van der Waals surface area contributed by atoms with Crippen molar-refractivity contribution < 1.29 is 27.5 Å². The average Bonchev–Trinajstić information content (AvgIpc) is 2.72. The van der Waals surface area contributed by atoms with Gasteiger partial charge in [-0.3, -0.25) is 4.79 Å². The smallest absolute Gasteiger partial charge is 0.383 e. The number of aliphatic hydroxyl groups excluding tert-OH is 1. The molecule has 2 unspecified atom stereocenters. The van der Waals surface area contributed by atoms with Crippen molar-refractivity contribution >= 4 is 5.91 Å². The van der Waals surface area contributed by atoms with Crippen LogP contribution in [0.15, 0.2) is 0 Å². The lowest BCUT2D eigenvalue weighted by atomic mass is 9.97. The number of nitrogens with one attached hydrogen (secondary N) is 1. The first kappa shape index (κ1) is 14.2. The van der Waals surface area contributed by atoms with E-state index >= 15 is 0 Å². The summed E-state index contributed by atoms with van der Waals surface area (Å²) in [6.45, 7) is -0.169. The van der Waals surface area contributed by atoms with E-state index in [0.717, 1.165) is 12.8 Å². The van der Waals surface area contributed by atoms with Crippen molar-refractivity contribution in [2.75, 3.05) is 13.2 Å². The van der Waals surface area contributed by atoms with E-state index in [0.29, 0.717) is 6.42 Å². The maximum Gasteiger partial charge on any atom is 0.383 e. The third-order valence-electron chi connectivity index (χ3n) is 3.15. The molecule has 0 spiro atoms. The minimum Gasteiger partial charge on any atom is -0.396 e. The Kier molecular flexibility index (Phi) is 4.73. The number of aliphatic hydroxyl groups is 1. The van der Waals surface area contributed by atoms with Crippen LogP contribution in [-0.4, -0.2) is 36.5 Å². The highest BCUT2D eigenvalue weighted by molar-refractivity contribution is 5.83. The summed E-state index contributed by atoms with van der Waals surface area (Å²) in [7, 11) is 0. The van der Waals surface area contributed by atoms with E-state index in [1.54, 1.807) is 0 Å². The van der Waals surface area contributed by atoms with Gasteiger partial charge in [0.05, 0.1) is 0 Å². The van der Waals surface area contributed by atoms with E-state index in [9.17, 15) is 22.4 Å². The number of carbonyl (C=O) groups is 1. The highest BCUT2D eigenvalue weighted by atomic mass is 19.3. The summed E-state index contributed by atoms with van der Waals surface area (Å²) in [6, 6.07) is 0. The fourth-order valence-corrected chi connectivity index (χ4v) is 2.06. The molecule has 100 valence electrons. The Morgan fingerprint density at radius 2 is 1.94 bits per heavy atom. The Hall–Kier alpha value is -0.850. The molecule has 0 aromatic heterocycles. The van der Waals surface area contributed by atoms with Gasteiger partial charge in [-0.25, -0.2) is 8.78 Å². The average molecular weight is 257 g/mol. The topological polar surface area (TPSA) is 49.3 Å². The number of rotatable bonds is 5. The first-order valence-electron chi connectivity index (χ1n) is 5.44. The summed E-state index contributed by atoms with van der Waals surface area (Å²) in [5.41, 5.74) is 0. The molecule has 3 nitrogen and oxygen atoms in total. The second kappa shape index (κ2) is 5.66. The summed E-state index contributed by atoms with van der Waals surface area (Å²) in [5, 5.41) is 10.8. The zero-order valence-corrected chi connectivity index (χ0v) is 9.13. The normalized spacial score (nSPS) is 25.3. The van der Waals surface area contributed by atoms with Crippen molar-refractivity contribution in [3.8, 4) is 0 Å². The number of hydrogen-bond donors (Lipinski definition) is 2. The zero-order chi connectivity index (χ0) is 13.1. The predicted octanol–water partition coefficient (Wildman–Crippen LogP) is 1.41. The maximum atomic E-state index is 12.6. The number of halogens is 4. The van der Waals surface area contributed by atoms with Gasteiger partial charge < -0.3 is 10.4 Å². The molecule has 1 aliphatic rings. The van der Waals surface area contributed by atoms with Gasteiger partial charge in [0.25, 0.3) is 5.91 Å². The highest BCUT2D eigenvalue weighted by Gasteiger charge is 2.49. The van der Waals surface area contributed by atoms with E-state index in [1.165, 1.54) is 0 Å². The summed E-state index contributed by atoms with van der Waals surface area (Å²) < 4.78 is 48.9. The minimum atomic E-state index is -4.65. The quantitative estimate of drug-likeness (QED) is 0.732. The van der Waals surface area contributed by atoms with Crippen LogP contribution in [-0.2, 0) is 4.79 Å². The number of carbonyl (C=O) groups excluding carboxylic acids is 1. The third-order valence-corrected chi connectivity index (χ3v) is 3.15. The standard InChI is InChI=1S/C10H15F4NO2/c11-8(12)10(13,14)9(17)15-4-6-2-1-3-7(6)5-16/h6-8,16H,1-5H2,(H,15,17). The summed E-state index contributed by atoms with van der Waals surface area (Å²) in [6.07, 6.45) is -1.69. The van der Waals surface area contributed by atoms with Crippen molar-refractivity contribution in [3.63, 3.8) is 0 Å². The number of amides is 1. The molecule has 0 bridgehead atoms. The number of alkyl halides is 4. The Morgan fingerprint density at radius 1 is 1.35 bits per heavy atom. The molecule has 7 heteroatoms. The summed E-state index contributed by atoms with van der Waals surface area (Å²) in [5.74, 6) is -6.75. The molecule has 1 fully saturated rings. The molecule has 0 radical (unpaired) electrons. The third kappa shape index (κ3) is 3.31. The van der Waals surface area contributed by atoms with Gasteiger partial charge in [0.15, 0.2) is 0 Å². The molecule has 0 aliphatic heterocycles. The monoisotopic (exact) mass is 257 g/mol. The van der Waals surface area contributed by atoms with Gasteiger partial charge in [0, 0.05) is 13.2 Å². The van der Waals surface area contributed by atoms with Crippen molar-refractivity contribution in [1.82, 2.24) is 5.32 Å². The van der Waals surface area contributed by atoms with Gasteiger partial charge in [-0.2, -0.15) is 8.78 Å². The van der Waals surface area contributed by atoms with E-state index < -0.39 is 18.3 Å². The largest absolute Gasteiger partial charge is 0.396 e. The predicted molar refractivity (Wildman–Crippen MR) is 51.9 cm³/mol. The molecule has 1 aliphatic carbocycles. The summed E-state index contributed by atoms with van der Waals surface area (Å²) in [4.78, 5) is 10.9. The molecule has 1 rings (SSSR count). The van der Waals surface area contributed by atoms with Crippen molar-refractivity contribution in [3.05, 3.63) is 0 Å². The first-order chi connectivity index (χ1) is 7.89. The molecule has 0 aromatic rings. The Bertz CT molecular complexity index is 273. The Morgan fingerprint density at radius 3 is 2.47 bits per heavy atom. The molecule has 0 aromatic carbocycles. The molecule has 1 saturated carbocycles. The minimum absolute atomic E-state index is 0.0459. The van der Waals surface area contributed by atoms with Gasteiger partial charge in [0.1, 0.15) is 0 Å². The van der Waals surface area contributed by atoms with Crippen molar-refractivity contribution in [2.24, 2.45) is 11.8 Å². The van der Waals surface area contributed by atoms with E-state index in [1.807, 2.05) is 5.32 Å². The number of hydrogen-bond acceptors (Lipinski definition) is 2. The van der Waals surface area contributed by atoms with Crippen LogP contribution in [0.4, 0.5) is 17.6 Å². The molecule has 2 atom stereocenters. The van der Waals surface area contributed by atoms with Gasteiger partial charge in [-0.1, -0.05) is 6.42 Å². The van der Waals surface area contributed by atoms with Gasteiger partial charge in [-0.15, -0.1) is 0 Å². The SMILES string of the molecule is O=C(NCC1CCCC1CO)C(F)(F)C(F)F. The van der Waals surface area contributed by atoms with E-state index in [4.69, 9.17) is 5.11 Å². The maximum absolute atomic E-state index is 12.6. The lowest BCUT2D eigenvalue weighted by Gasteiger charge is -2.20. The van der Waals surface area contributed by atoms with Crippen molar-refractivity contribution in [1.29, 1.82) is 0 Å². The highest BCUT2D eigenvalue weighted by Crippen LogP contribution is 2.31. The Balaban J connectivity index is 2.43. The van der Waals surface area contributed by atoms with E-state index in [-0.39, 0.29) is 25.0 Å². The lowest BCUT2D eigenvalue weighted by molar-refractivity contribution is -0.169. The summed E-state index contributed by atoms with van der Waals surface area (Å²) >= 11 is 0. The van der Waals surface area contributed by atoms with Crippen LogP contribution in [0.1, 0.15) is 19.3 Å². The molecule has 0 heterocycles. The van der Waals surface area contributed by atoms with Crippen LogP contribution >= 0.6 is 0 Å². The Labute approximate surface area is 96.2 Å². The van der Waals surface area contributed by atoms with Crippen LogP contribution in [0.3, 0.4) is 0 Å². The zero-order valence-electron chi connectivity index (χ0n) is 9.13. The van der Waals surface area contributed by atoms with Crippen LogP contribution in [0.25, 0.3) is 0 Å². The van der Waals surface area contributed by atoms with Gasteiger partial charge in [0.2, 0.25) is 0 Å².